The number of anilines is 1. The van der Waals surface area contributed by atoms with E-state index in [1.165, 1.54) is 12.1 Å². The van der Waals surface area contributed by atoms with Crippen LogP contribution in [0, 0.1) is 11.3 Å². The largest absolute Gasteiger partial charge is 0.489 e. The van der Waals surface area contributed by atoms with Gasteiger partial charge in [0.1, 0.15) is 11.9 Å². The third kappa shape index (κ3) is 8.09. The summed E-state index contributed by atoms with van der Waals surface area (Å²) < 4.78 is 60.7. The SMILES string of the molecule is CCS(=O)(=O)c1ccc([C@H](CC#N)NC(=O)c2ccc(N3C[C@@H](Oc4ccc(C(N)=O)cc4)C[C@H]3COC(F)F)cc2)cc1. The molecular formula is C31H32F2N4O6S. The summed E-state index contributed by atoms with van der Waals surface area (Å²) in [6.45, 7) is -1.27. The van der Waals surface area contributed by atoms with Gasteiger partial charge in [-0.15, -0.1) is 0 Å². The normalized spacial score (nSPS) is 17.2. The second-order valence-electron chi connectivity index (χ2n) is 10.2. The quantitative estimate of drug-likeness (QED) is 0.286. The van der Waals surface area contributed by atoms with Gasteiger partial charge in [0.2, 0.25) is 5.91 Å². The van der Waals surface area contributed by atoms with Gasteiger partial charge >= 0.3 is 6.61 Å². The van der Waals surface area contributed by atoms with Gasteiger partial charge in [0.25, 0.3) is 5.91 Å². The van der Waals surface area contributed by atoms with E-state index in [1.54, 1.807) is 67.6 Å². The number of amides is 2. The number of carbonyl (C=O) groups is 2. The highest BCUT2D eigenvalue weighted by atomic mass is 32.2. The van der Waals surface area contributed by atoms with E-state index >= 15 is 0 Å². The Morgan fingerprint density at radius 3 is 2.25 bits per heavy atom. The number of carbonyl (C=O) groups excluding carboxylic acids is 2. The molecule has 0 aliphatic carbocycles. The summed E-state index contributed by atoms with van der Waals surface area (Å²) in [4.78, 5) is 26.5. The fraction of sp³-hybridized carbons (Fsp3) is 0.323. The first kappa shape index (κ1) is 32.4. The van der Waals surface area contributed by atoms with E-state index in [-0.39, 0.29) is 29.8 Å². The van der Waals surface area contributed by atoms with Crippen molar-refractivity contribution in [3.8, 4) is 11.8 Å². The first-order valence-electron chi connectivity index (χ1n) is 13.8. The number of nitrogens with two attached hydrogens (primary N) is 1. The van der Waals surface area contributed by atoms with Gasteiger partial charge in [-0.25, -0.2) is 8.42 Å². The maximum atomic E-state index is 13.1. The molecule has 13 heteroatoms. The number of hydrogen-bond donors (Lipinski definition) is 2. The number of halogens is 2. The molecule has 1 heterocycles. The zero-order valence-corrected chi connectivity index (χ0v) is 24.7. The van der Waals surface area contributed by atoms with Gasteiger partial charge in [0, 0.05) is 23.2 Å². The van der Waals surface area contributed by atoms with Crippen LogP contribution in [0.3, 0.4) is 0 Å². The van der Waals surface area contributed by atoms with E-state index in [1.807, 2.05) is 11.0 Å². The first-order chi connectivity index (χ1) is 21.0. The molecule has 1 aliphatic rings. The zero-order valence-electron chi connectivity index (χ0n) is 23.9. The Labute approximate surface area is 254 Å². The molecule has 0 spiro atoms. The van der Waals surface area contributed by atoms with Gasteiger partial charge in [-0.2, -0.15) is 14.0 Å². The molecule has 4 rings (SSSR count). The number of nitrogens with zero attached hydrogens (tertiary/aromatic N) is 2. The number of benzene rings is 3. The summed E-state index contributed by atoms with van der Waals surface area (Å²) in [7, 11) is -3.39. The minimum absolute atomic E-state index is 0.0318. The van der Waals surface area contributed by atoms with Gasteiger partial charge in [-0.3, -0.25) is 9.59 Å². The van der Waals surface area contributed by atoms with Crippen LogP contribution >= 0.6 is 0 Å². The lowest BCUT2D eigenvalue weighted by molar-refractivity contribution is -0.131. The van der Waals surface area contributed by atoms with Crippen molar-refractivity contribution in [3.05, 3.63) is 89.5 Å². The summed E-state index contributed by atoms with van der Waals surface area (Å²) in [5.74, 6) is -0.556. The van der Waals surface area contributed by atoms with E-state index in [9.17, 15) is 32.0 Å². The highest BCUT2D eigenvalue weighted by Gasteiger charge is 2.34. The fourth-order valence-electron chi connectivity index (χ4n) is 4.97. The molecule has 10 nitrogen and oxygen atoms in total. The van der Waals surface area contributed by atoms with Crippen LogP contribution in [0.2, 0.25) is 0 Å². The van der Waals surface area contributed by atoms with E-state index in [0.29, 0.717) is 41.1 Å². The first-order valence-corrected chi connectivity index (χ1v) is 15.5. The molecule has 0 bridgehead atoms. The molecular weight excluding hydrogens is 594 g/mol. The van der Waals surface area contributed by atoms with E-state index < -0.39 is 40.3 Å². The van der Waals surface area contributed by atoms with Crippen molar-refractivity contribution in [3.63, 3.8) is 0 Å². The molecule has 3 atom stereocenters. The zero-order chi connectivity index (χ0) is 31.9. The Morgan fingerprint density at radius 2 is 1.68 bits per heavy atom. The maximum absolute atomic E-state index is 13.1. The number of primary amides is 1. The van der Waals surface area contributed by atoms with Crippen LogP contribution in [-0.4, -0.2) is 57.9 Å². The molecule has 3 N–H and O–H groups in total. The average molecular weight is 627 g/mol. The molecule has 1 saturated heterocycles. The van der Waals surface area contributed by atoms with Crippen molar-refractivity contribution in [1.82, 2.24) is 5.32 Å². The van der Waals surface area contributed by atoms with Crippen molar-refractivity contribution in [1.29, 1.82) is 5.26 Å². The summed E-state index contributed by atoms with van der Waals surface area (Å²) in [6.07, 6.45) is -0.00877. The number of alkyl halides is 2. The lowest BCUT2D eigenvalue weighted by atomic mass is 10.0. The number of sulfone groups is 1. The van der Waals surface area contributed by atoms with E-state index in [0.717, 1.165) is 0 Å². The van der Waals surface area contributed by atoms with Crippen LogP contribution in [0.5, 0.6) is 5.75 Å². The van der Waals surface area contributed by atoms with Crippen LogP contribution in [0.25, 0.3) is 0 Å². The monoisotopic (exact) mass is 626 g/mol. The van der Waals surface area contributed by atoms with E-state index in [2.05, 4.69) is 10.1 Å². The Morgan fingerprint density at radius 1 is 1.05 bits per heavy atom. The van der Waals surface area contributed by atoms with Crippen molar-refractivity contribution < 1.29 is 36.3 Å². The van der Waals surface area contributed by atoms with Gasteiger partial charge in [-0.1, -0.05) is 19.1 Å². The molecule has 0 saturated carbocycles. The van der Waals surface area contributed by atoms with Gasteiger partial charge in [0.05, 0.1) is 48.4 Å². The Balaban J connectivity index is 1.46. The summed E-state index contributed by atoms with van der Waals surface area (Å²) in [5, 5.41) is 12.1. The minimum Gasteiger partial charge on any atom is -0.489 e. The van der Waals surface area contributed by atoms with E-state index in [4.69, 9.17) is 10.5 Å². The standard InChI is InChI=1S/C31H32F2N4O6S/c1-2-44(40,41)27-13-7-20(8-14-27)28(15-16-34)36-30(39)22-3-9-23(10-4-22)37-18-26(17-24(37)19-42-31(32)33)43-25-11-5-21(6-12-25)29(35)38/h3-14,24,26,28,31H,2,15,17-19H2,1H3,(H2,35,38)(H,36,39)/t24-,26-,28-/m0/s1. The molecule has 0 radical (unpaired) electrons. The molecule has 3 aromatic rings. The third-order valence-corrected chi connectivity index (χ3v) is 9.07. The molecule has 0 aromatic heterocycles. The van der Waals surface area contributed by atoms with Crippen LogP contribution < -0.4 is 20.7 Å². The number of nitriles is 1. The Bertz CT molecular complexity index is 1590. The predicted molar refractivity (Wildman–Crippen MR) is 158 cm³/mol. The maximum Gasteiger partial charge on any atom is 0.345 e. The van der Waals surface area contributed by atoms with Gasteiger partial charge < -0.3 is 25.4 Å². The molecule has 44 heavy (non-hydrogen) atoms. The molecule has 3 aromatic carbocycles. The Hall–Kier alpha value is -4.54. The van der Waals surface area contributed by atoms with Crippen LogP contribution in [0.4, 0.5) is 14.5 Å². The average Bonchev–Trinajstić information content (AvgIpc) is 3.42. The third-order valence-electron chi connectivity index (χ3n) is 7.32. The second-order valence-corrected chi connectivity index (χ2v) is 12.5. The summed E-state index contributed by atoms with van der Waals surface area (Å²) >= 11 is 0. The number of nitrogens with one attached hydrogen (secondary N) is 1. The van der Waals surface area contributed by atoms with Crippen LogP contribution in [-0.2, 0) is 14.6 Å². The molecule has 2 amide bonds. The number of rotatable bonds is 13. The second kappa shape index (κ2) is 14.3. The van der Waals surface area contributed by atoms with Gasteiger partial charge in [-0.05, 0) is 66.2 Å². The lowest BCUT2D eigenvalue weighted by Gasteiger charge is -2.26. The van der Waals surface area contributed by atoms with Crippen LogP contribution in [0.1, 0.15) is 52.1 Å². The highest BCUT2D eigenvalue weighted by molar-refractivity contribution is 7.91. The fourth-order valence-corrected chi connectivity index (χ4v) is 5.85. The summed E-state index contributed by atoms with van der Waals surface area (Å²) in [5.41, 5.74) is 7.17. The number of ether oxygens (including phenoxy) is 2. The molecule has 232 valence electrons. The van der Waals surface area contributed by atoms with Crippen molar-refractivity contribution >= 4 is 27.3 Å². The predicted octanol–water partition coefficient (Wildman–Crippen LogP) is 4.23. The minimum atomic E-state index is -3.39. The highest BCUT2D eigenvalue weighted by Crippen LogP contribution is 2.30. The lowest BCUT2D eigenvalue weighted by Crippen LogP contribution is -2.34. The summed E-state index contributed by atoms with van der Waals surface area (Å²) in [6, 6.07) is 19.9. The van der Waals surface area contributed by atoms with Gasteiger partial charge in [0.15, 0.2) is 9.84 Å². The molecule has 0 unspecified atom stereocenters. The molecule has 1 aliphatic heterocycles. The van der Waals surface area contributed by atoms with Crippen molar-refractivity contribution in [2.75, 3.05) is 23.8 Å². The van der Waals surface area contributed by atoms with Crippen molar-refractivity contribution in [2.45, 2.75) is 49.5 Å². The topological polar surface area (TPSA) is 152 Å². The van der Waals surface area contributed by atoms with Crippen LogP contribution in [0.15, 0.2) is 77.7 Å². The number of hydrogen-bond acceptors (Lipinski definition) is 8. The Kier molecular flexibility index (Phi) is 10.5. The molecule has 1 fully saturated rings. The van der Waals surface area contributed by atoms with Crippen molar-refractivity contribution in [2.24, 2.45) is 5.73 Å². The smallest absolute Gasteiger partial charge is 0.345 e.